The van der Waals surface area contributed by atoms with Crippen LogP contribution in [-0.2, 0) is 20.9 Å². The van der Waals surface area contributed by atoms with Gasteiger partial charge in [-0.1, -0.05) is 44.9 Å². The number of rotatable bonds is 11. The van der Waals surface area contributed by atoms with E-state index in [2.05, 4.69) is 57.7 Å². The molecule has 16 nitrogen and oxygen atoms in total. The Balaban J connectivity index is 0.709. The maximum atomic E-state index is 14.3. The molecule has 1 aliphatic carbocycles. The highest BCUT2D eigenvalue weighted by Gasteiger charge is 2.46. The summed E-state index contributed by atoms with van der Waals surface area (Å²) in [6.07, 6.45) is 13.0. The molecule has 0 radical (unpaired) electrons. The molecular formula is C53H72N10O6. The Labute approximate surface area is 407 Å². The van der Waals surface area contributed by atoms with E-state index in [1.54, 1.807) is 31.4 Å². The number of aliphatic hydroxyl groups excluding tert-OH is 1. The number of para-hydroxylation sites is 1. The van der Waals surface area contributed by atoms with Crippen LogP contribution in [0.15, 0.2) is 48.5 Å². The fourth-order valence-corrected chi connectivity index (χ4v) is 12.1. The molecule has 6 aliphatic rings. The molecule has 0 spiro atoms. The molecule has 3 amide bonds. The van der Waals surface area contributed by atoms with Crippen LogP contribution in [-0.4, -0.2) is 166 Å². The second-order valence-corrected chi connectivity index (χ2v) is 21.3. The minimum absolute atomic E-state index is 0.0222. The molecule has 2 aromatic carbocycles. The van der Waals surface area contributed by atoms with E-state index in [1.165, 1.54) is 30.6 Å². The number of piperazine rings is 1. The quantitative estimate of drug-likeness (QED) is 0.174. The third-order valence-corrected chi connectivity index (χ3v) is 16.1. The molecule has 1 saturated carbocycles. The number of phenols is 1. The number of phenolic OH excluding ortho intramolecular Hbond substituents is 1. The molecule has 5 aliphatic heterocycles. The molecular weight excluding hydrogens is 873 g/mol. The Morgan fingerprint density at radius 3 is 2.19 bits per heavy atom. The van der Waals surface area contributed by atoms with Crippen LogP contribution in [0.3, 0.4) is 0 Å². The lowest BCUT2D eigenvalue weighted by Crippen LogP contribution is -2.61. The van der Waals surface area contributed by atoms with Crippen molar-refractivity contribution in [3.05, 3.63) is 59.7 Å². The zero-order valence-corrected chi connectivity index (χ0v) is 40.9. The van der Waals surface area contributed by atoms with Crippen molar-refractivity contribution >= 4 is 29.2 Å². The monoisotopic (exact) mass is 945 g/mol. The van der Waals surface area contributed by atoms with E-state index in [1.807, 2.05) is 39.0 Å². The third-order valence-electron chi connectivity index (χ3n) is 16.1. The number of nitrogens with one attached hydrogen (secondary N) is 3. The molecule has 1 aromatic heterocycles. The summed E-state index contributed by atoms with van der Waals surface area (Å²) in [5.41, 5.74) is 3.23. The van der Waals surface area contributed by atoms with Crippen LogP contribution in [0.5, 0.6) is 11.5 Å². The van der Waals surface area contributed by atoms with E-state index in [9.17, 15) is 24.6 Å². The predicted octanol–water partition coefficient (Wildman–Crippen LogP) is 4.05. The smallest absolute Gasteiger partial charge is 0.246 e. The summed E-state index contributed by atoms with van der Waals surface area (Å²) in [5.74, 6) is 3.15. The van der Waals surface area contributed by atoms with Gasteiger partial charge in [-0.05, 0) is 113 Å². The molecule has 0 unspecified atom stereocenters. The number of benzene rings is 2. The zero-order chi connectivity index (χ0) is 48.4. The van der Waals surface area contributed by atoms with Crippen LogP contribution >= 0.6 is 0 Å². The summed E-state index contributed by atoms with van der Waals surface area (Å²) >= 11 is 0. The first-order valence-electron chi connectivity index (χ1n) is 25.4. The van der Waals surface area contributed by atoms with Crippen molar-refractivity contribution in [3.63, 3.8) is 0 Å². The van der Waals surface area contributed by atoms with Gasteiger partial charge in [-0.25, -0.2) is 0 Å². The van der Waals surface area contributed by atoms with Crippen molar-refractivity contribution in [1.82, 2.24) is 40.4 Å². The number of β-amino-alcohol motifs (C(OH)–C–C–N with tert-alkyl or cyclic N) is 1. The first kappa shape index (κ1) is 48.5. The first-order chi connectivity index (χ1) is 33.3. The lowest BCUT2D eigenvalue weighted by atomic mass is 9.82. The number of piperidine rings is 2. The van der Waals surface area contributed by atoms with Crippen LogP contribution in [0.1, 0.15) is 89.7 Å². The highest BCUT2D eigenvalue weighted by Crippen LogP contribution is 2.38. The van der Waals surface area contributed by atoms with E-state index in [0.29, 0.717) is 46.7 Å². The number of aromatic nitrogens is 2. The van der Waals surface area contributed by atoms with Crippen LogP contribution in [0.25, 0.3) is 11.3 Å². The molecule has 6 heterocycles. The highest BCUT2D eigenvalue weighted by atomic mass is 16.5. The average molecular weight is 945 g/mol. The zero-order valence-electron chi connectivity index (χ0n) is 40.9. The van der Waals surface area contributed by atoms with Crippen LogP contribution in [0.2, 0.25) is 0 Å². The van der Waals surface area contributed by atoms with Gasteiger partial charge in [0.25, 0.3) is 0 Å². The van der Waals surface area contributed by atoms with E-state index < -0.39 is 23.6 Å². The minimum atomic E-state index is -0.872. The molecule has 4 saturated heterocycles. The average Bonchev–Trinajstić information content (AvgIpc) is 3.78. The Hall–Kier alpha value is -5.47. The van der Waals surface area contributed by atoms with E-state index in [-0.39, 0.29) is 48.9 Å². The number of amides is 3. The molecule has 69 heavy (non-hydrogen) atoms. The number of aromatic hydroxyl groups is 1. The van der Waals surface area contributed by atoms with Crippen molar-refractivity contribution in [2.24, 2.45) is 11.3 Å². The summed E-state index contributed by atoms with van der Waals surface area (Å²) in [5, 5.41) is 39.7. The van der Waals surface area contributed by atoms with Gasteiger partial charge in [-0.15, -0.1) is 16.6 Å². The lowest BCUT2D eigenvalue weighted by molar-refractivity contribution is -0.144. The number of carbonyl (C=O) groups is 3. The maximum Gasteiger partial charge on any atom is 0.246 e. The SMILES string of the molecule is C#Cc1ccc(CNC(=O)[C@@H]2C[C@@H](O)CN2C(=O)[C@@H](NC(=O)[C@H]2CC[C@@H](N3CCC(N4CCC(N5CCN6c7cc(-c8ccccc8O)nnc7NC[C@H]6C5)CC4)CC3)CC2)C(C)(C)C)c(OC)c1. The van der Waals surface area contributed by atoms with Gasteiger partial charge < -0.3 is 50.5 Å². The highest BCUT2D eigenvalue weighted by molar-refractivity contribution is 5.93. The molecule has 4 atom stereocenters. The Kier molecular flexibility index (Phi) is 14.7. The second-order valence-electron chi connectivity index (χ2n) is 21.3. The molecule has 3 aromatic rings. The van der Waals surface area contributed by atoms with Gasteiger partial charge in [-0.3, -0.25) is 19.3 Å². The fourth-order valence-electron chi connectivity index (χ4n) is 12.1. The van der Waals surface area contributed by atoms with Gasteiger partial charge >= 0.3 is 0 Å². The van der Waals surface area contributed by atoms with Crippen LogP contribution in [0.4, 0.5) is 11.5 Å². The van der Waals surface area contributed by atoms with Crippen molar-refractivity contribution in [2.75, 3.05) is 76.2 Å². The molecule has 370 valence electrons. The number of carbonyl (C=O) groups excluding carboxylic acids is 3. The summed E-state index contributed by atoms with van der Waals surface area (Å²) in [7, 11) is 1.54. The van der Waals surface area contributed by atoms with E-state index in [0.717, 1.165) is 95.1 Å². The first-order valence-corrected chi connectivity index (χ1v) is 25.4. The van der Waals surface area contributed by atoms with Gasteiger partial charge in [0.1, 0.15) is 23.6 Å². The second kappa shape index (κ2) is 20.9. The molecule has 9 rings (SSSR count). The third kappa shape index (κ3) is 10.7. The number of fused-ring (bicyclic) bond motifs is 3. The molecule has 16 heteroatoms. The normalized spacial score (nSPS) is 25.7. The molecule has 5 fully saturated rings. The van der Waals surface area contributed by atoms with E-state index >= 15 is 0 Å². The summed E-state index contributed by atoms with van der Waals surface area (Å²) < 4.78 is 5.48. The topological polar surface area (TPSA) is 179 Å². The number of nitrogens with zero attached hydrogens (tertiary/aromatic N) is 7. The van der Waals surface area contributed by atoms with Gasteiger partial charge in [0.2, 0.25) is 17.7 Å². The maximum absolute atomic E-state index is 14.3. The fraction of sp³-hybridized carbons (Fsp3) is 0.604. The van der Waals surface area contributed by atoms with Crippen LogP contribution < -0.4 is 25.6 Å². The Morgan fingerprint density at radius 2 is 1.52 bits per heavy atom. The number of hydrogen-bond donors (Lipinski definition) is 5. The number of aliphatic hydroxyl groups is 1. The molecule has 0 bridgehead atoms. The number of anilines is 2. The van der Waals surface area contributed by atoms with Gasteiger partial charge in [0, 0.05) is 86.4 Å². The number of ether oxygens (including phenoxy) is 1. The summed E-state index contributed by atoms with van der Waals surface area (Å²) in [4.78, 5) is 53.9. The lowest BCUT2D eigenvalue weighted by Gasteiger charge is -2.50. The minimum Gasteiger partial charge on any atom is -0.507 e. The number of hydrogen-bond acceptors (Lipinski definition) is 13. The van der Waals surface area contributed by atoms with Crippen LogP contribution in [0, 0.1) is 23.7 Å². The predicted molar refractivity (Wildman–Crippen MR) is 266 cm³/mol. The summed E-state index contributed by atoms with van der Waals surface area (Å²) in [6.45, 7) is 14.3. The number of methoxy groups -OCH3 is 1. The summed E-state index contributed by atoms with van der Waals surface area (Å²) in [6, 6.07) is 15.0. The standard InChI is InChI=1S/C53H72N10O6/c1-6-34-11-12-36(47(27-34)69-5)30-55-51(67)45-28-41(64)33-63(45)52(68)48(53(2,3)4)56-50(66)35-13-15-37(16-14-35)59-21-17-38(18-22-59)60-23-19-39(20-24-60)61-25-26-62-40(32-61)31-54-49-44(62)29-43(57-58-49)42-9-7-8-10-46(42)65/h1,7-12,27,29,35,37-41,45,48,64-65H,13-26,28,30-33H2,2-5H3,(H,54,58)(H,55,67)(H,56,66)/t35-,37+,40-,41+,45-,48+/m0/s1. The largest absolute Gasteiger partial charge is 0.507 e. The van der Waals surface area contributed by atoms with Crippen molar-refractivity contribution < 1.29 is 29.3 Å². The Morgan fingerprint density at radius 1 is 0.841 bits per heavy atom. The number of terminal acetylenes is 1. The Bertz CT molecular complexity index is 2360. The van der Waals surface area contributed by atoms with Gasteiger partial charge in [0.05, 0.1) is 30.6 Å². The van der Waals surface area contributed by atoms with Gasteiger partial charge in [0.15, 0.2) is 5.82 Å². The van der Waals surface area contributed by atoms with Gasteiger partial charge in [-0.2, -0.15) is 0 Å². The number of likely N-dealkylation sites (tertiary alicyclic amines) is 3. The molecule has 5 N–H and O–H groups in total. The van der Waals surface area contributed by atoms with E-state index in [4.69, 9.17) is 11.2 Å². The van der Waals surface area contributed by atoms with Crippen molar-refractivity contribution in [1.29, 1.82) is 0 Å². The van der Waals surface area contributed by atoms with Crippen molar-refractivity contribution in [3.8, 4) is 35.1 Å². The van der Waals surface area contributed by atoms with Crippen molar-refractivity contribution in [2.45, 2.75) is 127 Å².